The minimum atomic E-state index is -0.0399. The Bertz CT molecular complexity index is 468. The van der Waals surface area contributed by atoms with Crippen molar-refractivity contribution in [3.63, 3.8) is 0 Å². The molecule has 1 fully saturated rings. The van der Waals surface area contributed by atoms with Crippen LogP contribution in [0.1, 0.15) is 25.1 Å². The van der Waals surface area contributed by atoms with Gasteiger partial charge < -0.3 is 19.4 Å². The molecule has 1 amide bonds. The number of amides is 1. The number of hydrogen-bond donors (Lipinski definition) is 1. The van der Waals surface area contributed by atoms with Crippen LogP contribution in [0.2, 0.25) is 0 Å². The third-order valence-electron chi connectivity index (χ3n) is 4.20. The Morgan fingerprint density at radius 1 is 1.52 bits per heavy atom. The molecule has 1 aromatic rings. The molecule has 1 saturated heterocycles. The average Bonchev–Trinajstić information content (AvgIpc) is 3.15. The molecule has 21 heavy (non-hydrogen) atoms. The van der Waals surface area contributed by atoms with Gasteiger partial charge in [0.05, 0.1) is 12.7 Å². The summed E-state index contributed by atoms with van der Waals surface area (Å²) in [5, 5.41) is 2.96. The number of hydrogen-bond acceptors (Lipinski definition) is 4. The van der Waals surface area contributed by atoms with E-state index in [9.17, 15) is 4.79 Å². The molecule has 0 aliphatic carbocycles. The van der Waals surface area contributed by atoms with Crippen molar-refractivity contribution in [3.05, 3.63) is 18.2 Å². The van der Waals surface area contributed by atoms with E-state index >= 15 is 0 Å². The Morgan fingerprint density at radius 3 is 3.33 bits per heavy atom. The summed E-state index contributed by atoms with van der Waals surface area (Å²) in [7, 11) is 0. The first-order valence-electron chi connectivity index (χ1n) is 7.77. The van der Waals surface area contributed by atoms with Crippen molar-refractivity contribution in [2.24, 2.45) is 5.92 Å². The van der Waals surface area contributed by atoms with Gasteiger partial charge in [-0.1, -0.05) is 0 Å². The molecule has 116 valence electrons. The maximum atomic E-state index is 11.8. The lowest BCUT2D eigenvalue weighted by molar-refractivity contribution is -0.127. The second-order valence-electron chi connectivity index (χ2n) is 5.85. The molecule has 2 aliphatic heterocycles. The van der Waals surface area contributed by atoms with Gasteiger partial charge in [0.15, 0.2) is 0 Å². The molecule has 0 bridgehead atoms. The Kier molecular flexibility index (Phi) is 4.87. The van der Waals surface area contributed by atoms with E-state index < -0.39 is 0 Å². The van der Waals surface area contributed by atoms with Crippen LogP contribution >= 0.6 is 0 Å². The van der Waals surface area contributed by atoms with Crippen LogP contribution in [-0.2, 0) is 27.2 Å². The Morgan fingerprint density at radius 2 is 2.48 bits per heavy atom. The van der Waals surface area contributed by atoms with E-state index in [-0.39, 0.29) is 18.6 Å². The van der Waals surface area contributed by atoms with Crippen LogP contribution < -0.4 is 5.32 Å². The van der Waals surface area contributed by atoms with Gasteiger partial charge in [-0.25, -0.2) is 4.98 Å². The lowest BCUT2D eigenvalue weighted by atomic mass is 9.98. The first kappa shape index (κ1) is 14.5. The van der Waals surface area contributed by atoms with E-state index in [4.69, 9.17) is 9.47 Å². The lowest BCUT2D eigenvalue weighted by Gasteiger charge is -2.23. The molecule has 2 atom stereocenters. The first-order valence-corrected chi connectivity index (χ1v) is 7.77. The highest BCUT2D eigenvalue weighted by Gasteiger charge is 2.20. The molecule has 0 saturated carbocycles. The van der Waals surface area contributed by atoms with E-state index in [0.717, 1.165) is 44.7 Å². The van der Waals surface area contributed by atoms with Crippen molar-refractivity contribution in [3.8, 4) is 0 Å². The zero-order valence-electron chi connectivity index (χ0n) is 12.3. The highest BCUT2D eigenvalue weighted by atomic mass is 16.5. The topological polar surface area (TPSA) is 65.4 Å². The summed E-state index contributed by atoms with van der Waals surface area (Å²) in [6.45, 7) is 3.16. The monoisotopic (exact) mass is 293 g/mol. The van der Waals surface area contributed by atoms with Gasteiger partial charge in [0.25, 0.3) is 0 Å². The van der Waals surface area contributed by atoms with Gasteiger partial charge >= 0.3 is 0 Å². The van der Waals surface area contributed by atoms with E-state index in [0.29, 0.717) is 19.1 Å². The predicted octanol–water partition coefficient (Wildman–Crippen LogP) is 0.757. The Hall–Kier alpha value is -1.40. The number of carbonyl (C=O) groups is 1. The number of imidazole rings is 1. The van der Waals surface area contributed by atoms with Gasteiger partial charge in [-0.05, 0) is 25.2 Å². The van der Waals surface area contributed by atoms with Gasteiger partial charge in [-0.15, -0.1) is 0 Å². The van der Waals surface area contributed by atoms with Crippen molar-refractivity contribution < 1.29 is 14.3 Å². The normalized spacial score (nSPS) is 24.8. The highest BCUT2D eigenvalue weighted by Crippen LogP contribution is 2.18. The number of aryl methyl sites for hydroxylation is 1. The number of fused-ring (bicyclic) bond motifs is 1. The molecule has 0 aromatic carbocycles. The number of carbonyl (C=O) groups excluding carboxylic acids is 1. The van der Waals surface area contributed by atoms with Crippen LogP contribution in [0.25, 0.3) is 0 Å². The number of nitrogens with one attached hydrogen (secondary N) is 1. The first-order chi connectivity index (χ1) is 10.3. The fourth-order valence-electron chi connectivity index (χ4n) is 2.96. The summed E-state index contributed by atoms with van der Waals surface area (Å²) in [6.07, 6.45) is 8.19. The van der Waals surface area contributed by atoms with E-state index in [2.05, 4.69) is 14.9 Å². The summed E-state index contributed by atoms with van der Waals surface area (Å²) in [4.78, 5) is 16.1. The third-order valence-corrected chi connectivity index (χ3v) is 4.20. The largest absolute Gasteiger partial charge is 0.376 e. The van der Waals surface area contributed by atoms with Crippen molar-refractivity contribution in [2.45, 2.75) is 38.3 Å². The Labute approximate surface area is 124 Å². The highest BCUT2D eigenvalue weighted by molar-refractivity contribution is 5.77. The number of ether oxygens (including phenoxy) is 2. The molecule has 0 radical (unpaired) electrons. The summed E-state index contributed by atoms with van der Waals surface area (Å²) in [5.74, 6) is 1.55. The third kappa shape index (κ3) is 4.04. The van der Waals surface area contributed by atoms with E-state index in [1.165, 1.54) is 0 Å². The van der Waals surface area contributed by atoms with Gasteiger partial charge in [0.2, 0.25) is 5.91 Å². The zero-order chi connectivity index (χ0) is 14.5. The standard InChI is InChI=1S/C15H23N3O3/c19-15(11-20-10-13-2-1-7-21-13)17-9-12-3-5-18-6-4-16-14(18)8-12/h4,6,12-13H,1-3,5,7-11H2,(H,17,19)/t12-,13+/m0/s1. The maximum Gasteiger partial charge on any atom is 0.246 e. The molecule has 3 rings (SSSR count). The predicted molar refractivity (Wildman–Crippen MR) is 76.8 cm³/mol. The molecule has 6 nitrogen and oxygen atoms in total. The van der Waals surface area contributed by atoms with Gasteiger partial charge in [0.1, 0.15) is 12.4 Å². The van der Waals surface area contributed by atoms with Gasteiger partial charge in [-0.2, -0.15) is 0 Å². The minimum Gasteiger partial charge on any atom is -0.376 e. The molecule has 0 spiro atoms. The van der Waals surface area contributed by atoms with Gasteiger partial charge in [0, 0.05) is 38.5 Å². The second-order valence-corrected chi connectivity index (χ2v) is 5.85. The van der Waals surface area contributed by atoms with E-state index in [1.54, 1.807) is 0 Å². The minimum absolute atomic E-state index is 0.0399. The fourth-order valence-corrected chi connectivity index (χ4v) is 2.96. The van der Waals surface area contributed by atoms with Gasteiger partial charge in [-0.3, -0.25) is 4.79 Å². The molecule has 2 aliphatic rings. The SMILES string of the molecule is O=C(COC[C@H]1CCCO1)NC[C@H]1CCn2ccnc2C1. The van der Waals surface area contributed by atoms with Crippen LogP contribution in [-0.4, -0.2) is 47.9 Å². The molecule has 1 N–H and O–H groups in total. The zero-order valence-corrected chi connectivity index (χ0v) is 12.3. The fraction of sp³-hybridized carbons (Fsp3) is 0.733. The second kappa shape index (κ2) is 7.04. The quantitative estimate of drug-likeness (QED) is 0.841. The van der Waals surface area contributed by atoms with Crippen LogP contribution in [0.5, 0.6) is 0 Å². The number of aromatic nitrogens is 2. The van der Waals surface area contributed by atoms with Crippen LogP contribution in [0.4, 0.5) is 0 Å². The summed E-state index contributed by atoms with van der Waals surface area (Å²) < 4.78 is 13.0. The maximum absolute atomic E-state index is 11.8. The Balaban J connectivity index is 1.31. The molecular formula is C15H23N3O3. The summed E-state index contributed by atoms with van der Waals surface area (Å²) >= 11 is 0. The van der Waals surface area contributed by atoms with Crippen LogP contribution in [0, 0.1) is 5.92 Å². The number of nitrogens with zero attached hydrogens (tertiary/aromatic N) is 2. The van der Waals surface area contributed by atoms with Crippen LogP contribution in [0.15, 0.2) is 12.4 Å². The smallest absolute Gasteiger partial charge is 0.246 e. The van der Waals surface area contributed by atoms with Crippen LogP contribution in [0.3, 0.4) is 0 Å². The van der Waals surface area contributed by atoms with Crippen molar-refractivity contribution in [1.29, 1.82) is 0 Å². The summed E-state index contributed by atoms with van der Waals surface area (Å²) in [6, 6.07) is 0. The molecule has 3 heterocycles. The number of rotatable bonds is 6. The van der Waals surface area contributed by atoms with Crippen molar-refractivity contribution in [1.82, 2.24) is 14.9 Å². The average molecular weight is 293 g/mol. The summed E-state index contributed by atoms with van der Waals surface area (Å²) in [5.41, 5.74) is 0. The lowest BCUT2D eigenvalue weighted by Crippen LogP contribution is -2.35. The van der Waals surface area contributed by atoms with Crippen molar-refractivity contribution in [2.75, 3.05) is 26.4 Å². The van der Waals surface area contributed by atoms with E-state index in [1.807, 2.05) is 12.4 Å². The molecule has 6 heteroatoms. The molecule has 0 unspecified atom stereocenters. The molecule has 1 aromatic heterocycles. The molecular weight excluding hydrogens is 270 g/mol. The van der Waals surface area contributed by atoms with Crippen molar-refractivity contribution >= 4 is 5.91 Å².